The number of piperidine rings is 1. The first-order chi connectivity index (χ1) is 13.3. The van der Waals surface area contributed by atoms with Gasteiger partial charge in [-0.2, -0.15) is 0 Å². The lowest BCUT2D eigenvalue weighted by molar-refractivity contribution is 0.0521. The summed E-state index contributed by atoms with van der Waals surface area (Å²) < 4.78 is 3.43. The van der Waals surface area contributed by atoms with Crippen molar-refractivity contribution < 1.29 is 9.90 Å². The molecule has 1 amide bonds. The Morgan fingerprint density at radius 2 is 1.86 bits per heavy atom. The number of hydrogen-bond donors (Lipinski definition) is 1. The molecule has 29 heavy (non-hydrogen) atoms. The lowest BCUT2D eigenvalue weighted by Gasteiger charge is -2.44. The Hall–Kier alpha value is -2.31. The molecule has 0 saturated carbocycles. The summed E-state index contributed by atoms with van der Waals surface area (Å²) in [5.41, 5.74) is 2.29. The van der Waals surface area contributed by atoms with Crippen LogP contribution in [0.3, 0.4) is 0 Å². The molecule has 7 heteroatoms. The van der Waals surface area contributed by atoms with E-state index in [2.05, 4.69) is 41.5 Å². The second kappa shape index (κ2) is 7.18. The number of aryl methyl sites for hydroxylation is 1. The molecule has 2 aromatic heterocycles. The van der Waals surface area contributed by atoms with Crippen LogP contribution in [0.15, 0.2) is 16.9 Å². The van der Waals surface area contributed by atoms with Gasteiger partial charge in [0.05, 0.1) is 5.52 Å². The Kier molecular flexibility index (Phi) is 5.30. The predicted octanol–water partition coefficient (Wildman–Crippen LogP) is 4.05. The standard InChI is InChI=1S/C22H34N4O3/c1-21(2,3)13-26-16-9-8-15(23-18(16)24(7)19(26)27)14-10-11-25(20(28)29)17(12-14)22(4,5)6/h8-9,14,17H,10-13H2,1-7H3,(H,28,29). The minimum atomic E-state index is -0.853. The SMILES string of the molecule is Cn1c(=O)n(CC(C)(C)C)c2ccc(C3CCN(C(=O)O)C(C(C)(C)C)C3)nc21. The number of rotatable bonds is 2. The van der Waals surface area contributed by atoms with Gasteiger partial charge < -0.3 is 10.0 Å². The highest BCUT2D eigenvalue weighted by molar-refractivity contribution is 5.72. The molecule has 0 aromatic carbocycles. The Morgan fingerprint density at radius 3 is 2.41 bits per heavy atom. The van der Waals surface area contributed by atoms with Crippen LogP contribution in [0.2, 0.25) is 0 Å². The maximum absolute atomic E-state index is 12.8. The Bertz CT molecular complexity index is 975. The minimum absolute atomic E-state index is 0.0135. The Morgan fingerprint density at radius 1 is 1.21 bits per heavy atom. The number of amides is 1. The normalized spacial score (nSPS) is 21.0. The third kappa shape index (κ3) is 4.19. The molecule has 1 aliphatic rings. The van der Waals surface area contributed by atoms with Gasteiger partial charge in [0, 0.05) is 37.8 Å². The summed E-state index contributed by atoms with van der Waals surface area (Å²) in [6, 6.07) is 3.95. The minimum Gasteiger partial charge on any atom is -0.465 e. The smallest absolute Gasteiger partial charge is 0.407 e. The van der Waals surface area contributed by atoms with Crippen molar-refractivity contribution >= 4 is 17.3 Å². The molecule has 2 unspecified atom stereocenters. The molecule has 0 spiro atoms. The van der Waals surface area contributed by atoms with Crippen molar-refractivity contribution in [3.8, 4) is 0 Å². The van der Waals surface area contributed by atoms with E-state index in [0.717, 1.165) is 24.1 Å². The lowest BCUT2D eigenvalue weighted by atomic mass is 9.76. The molecule has 2 aromatic rings. The van der Waals surface area contributed by atoms with Gasteiger partial charge in [-0.25, -0.2) is 14.6 Å². The van der Waals surface area contributed by atoms with E-state index in [1.807, 2.05) is 12.1 Å². The Labute approximate surface area is 172 Å². The summed E-state index contributed by atoms with van der Waals surface area (Å²) in [6.45, 7) is 13.7. The van der Waals surface area contributed by atoms with Crippen LogP contribution < -0.4 is 5.69 Å². The van der Waals surface area contributed by atoms with Gasteiger partial charge in [0.1, 0.15) is 0 Å². The first kappa shape index (κ1) is 21.4. The van der Waals surface area contributed by atoms with E-state index in [1.54, 1.807) is 21.1 Å². The zero-order valence-corrected chi connectivity index (χ0v) is 18.7. The van der Waals surface area contributed by atoms with Gasteiger partial charge in [-0.3, -0.25) is 9.13 Å². The maximum Gasteiger partial charge on any atom is 0.407 e. The molecule has 160 valence electrons. The number of hydrogen-bond acceptors (Lipinski definition) is 3. The zero-order valence-electron chi connectivity index (χ0n) is 18.7. The van der Waals surface area contributed by atoms with E-state index in [-0.39, 0.29) is 28.5 Å². The van der Waals surface area contributed by atoms with Crippen LogP contribution in [-0.4, -0.2) is 42.8 Å². The van der Waals surface area contributed by atoms with Crippen LogP contribution in [-0.2, 0) is 13.6 Å². The zero-order chi connectivity index (χ0) is 21.7. The third-order valence-electron chi connectivity index (χ3n) is 5.90. The summed E-state index contributed by atoms with van der Waals surface area (Å²) in [7, 11) is 1.77. The summed E-state index contributed by atoms with van der Waals surface area (Å²) in [5, 5.41) is 9.60. The van der Waals surface area contributed by atoms with Gasteiger partial charge in [-0.15, -0.1) is 0 Å². The van der Waals surface area contributed by atoms with Crippen molar-refractivity contribution in [3.05, 3.63) is 28.3 Å². The van der Waals surface area contributed by atoms with E-state index in [0.29, 0.717) is 18.7 Å². The molecule has 1 saturated heterocycles. The molecule has 7 nitrogen and oxygen atoms in total. The van der Waals surface area contributed by atoms with Gasteiger partial charge in [0.2, 0.25) is 0 Å². The fraction of sp³-hybridized carbons (Fsp3) is 0.682. The molecule has 1 N–H and O–H groups in total. The van der Waals surface area contributed by atoms with Crippen molar-refractivity contribution in [2.24, 2.45) is 17.9 Å². The number of imidazole rings is 1. The van der Waals surface area contributed by atoms with Gasteiger partial charge >= 0.3 is 11.8 Å². The molecular formula is C22H34N4O3. The van der Waals surface area contributed by atoms with E-state index < -0.39 is 6.09 Å². The molecule has 0 radical (unpaired) electrons. The largest absolute Gasteiger partial charge is 0.465 e. The molecule has 1 aliphatic heterocycles. The fourth-order valence-corrected chi connectivity index (χ4v) is 4.43. The van der Waals surface area contributed by atoms with E-state index >= 15 is 0 Å². The van der Waals surface area contributed by atoms with Crippen molar-refractivity contribution in [3.63, 3.8) is 0 Å². The van der Waals surface area contributed by atoms with E-state index in [4.69, 9.17) is 4.98 Å². The molecular weight excluding hydrogens is 368 g/mol. The van der Waals surface area contributed by atoms with Crippen LogP contribution in [0.5, 0.6) is 0 Å². The number of nitrogens with zero attached hydrogens (tertiary/aromatic N) is 4. The van der Waals surface area contributed by atoms with Gasteiger partial charge in [-0.1, -0.05) is 41.5 Å². The summed E-state index contributed by atoms with van der Waals surface area (Å²) >= 11 is 0. The number of fused-ring (bicyclic) bond motifs is 1. The average molecular weight is 403 g/mol. The topological polar surface area (TPSA) is 80.4 Å². The highest BCUT2D eigenvalue weighted by Gasteiger charge is 2.39. The van der Waals surface area contributed by atoms with Crippen LogP contribution in [0.4, 0.5) is 4.79 Å². The van der Waals surface area contributed by atoms with E-state index in [1.165, 1.54) is 0 Å². The molecule has 1 fully saturated rings. The van der Waals surface area contributed by atoms with Gasteiger partial charge in [0.15, 0.2) is 5.65 Å². The molecule has 3 heterocycles. The second-order valence-electron chi connectivity index (χ2n) is 10.6. The number of carbonyl (C=O) groups is 1. The van der Waals surface area contributed by atoms with Crippen LogP contribution in [0, 0.1) is 10.8 Å². The first-order valence-electron chi connectivity index (χ1n) is 10.4. The van der Waals surface area contributed by atoms with Crippen LogP contribution >= 0.6 is 0 Å². The average Bonchev–Trinajstić information content (AvgIpc) is 2.83. The van der Waals surface area contributed by atoms with Gasteiger partial charge in [-0.05, 0) is 35.8 Å². The molecule has 3 rings (SSSR count). The molecule has 0 bridgehead atoms. The highest BCUT2D eigenvalue weighted by Crippen LogP contribution is 2.38. The predicted molar refractivity (Wildman–Crippen MR) is 114 cm³/mol. The van der Waals surface area contributed by atoms with Crippen molar-refractivity contribution in [1.29, 1.82) is 0 Å². The maximum atomic E-state index is 12.8. The molecule has 0 aliphatic carbocycles. The third-order valence-corrected chi connectivity index (χ3v) is 5.90. The monoisotopic (exact) mass is 402 g/mol. The highest BCUT2D eigenvalue weighted by atomic mass is 16.4. The van der Waals surface area contributed by atoms with Crippen LogP contribution in [0.25, 0.3) is 11.2 Å². The van der Waals surface area contributed by atoms with Crippen molar-refractivity contribution in [2.75, 3.05) is 6.54 Å². The molecule has 2 atom stereocenters. The van der Waals surface area contributed by atoms with Gasteiger partial charge in [0.25, 0.3) is 0 Å². The van der Waals surface area contributed by atoms with Crippen molar-refractivity contribution in [2.45, 2.75) is 72.9 Å². The first-order valence-corrected chi connectivity index (χ1v) is 10.4. The number of aromatic nitrogens is 3. The van der Waals surface area contributed by atoms with Crippen LogP contribution in [0.1, 0.15) is 66.0 Å². The lowest BCUT2D eigenvalue weighted by Crippen LogP contribution is -2.51. The number of likely N-dealkylation sites (tertiary alicyclic amines) is 1. The Balaban J connectivity index is 1.98. The van der Waals surface area contributed by atoms with Crippen molar-refractivity contribution in [1.82, 2.24) is 19.0 Å². The number of pyridine rings is 1. The quantitative estimate of drug-likeness (QED) is 0.822. The fourth-order valence-electron chi connectivity index (χ4n) is 4.43. The summed E-state index contributed by atoms with van der Waals surface area (Å²) in [4.78, 5) is 30.9. The number of carboxylic acid groups (broad SMARTS) is 1. The summed E-state index contributed by atoms with van der Waals surface area (Å²) in [5.74, 6) is 0.181. The second-order valence-corrected chi connectivity index (χ2v) is 10.6. The van der Waals surface area contributed by atoms with E-state index in [9.17, 15) is 14.7 Å². The summed E-state index contributed by atoms with van der Waals surface area (Å²) in [6.07, 6.45) is 0.632.